The van der Waals surface area contributed by atoms with Gasteiger partial charge in [-0.3, -0.25) is 19.4 Å². The van der Waals surface area contributed by atoms with E-state index >= 15 is 0 Å². The summed E-state index contributed by atoms with van der Waals surface area (Å²) in [4.78, 5) is 34.7. The quantitative estimate of drug-likeness (QED) is 0.714. The molecule has 4 heterocycles. The number of carbonyl (C=O) groups is 2. The molecule has 1 aromatic rings. The molecule has 29 heavy (non-hydrogen) atoms. The maximum Gasteiger partial charge on any atom is 0.264 e. The lowest BCUT2D eigenvalue weighted by atomic mass is 9.97. The van der Waals surface area contributed by atoms with Crippen LogP contribution in [0.4, 0.5) is 0 Å². The molecule has 0 bridgehead atoms. The highest BCUT2D eigenvalue weighted by atomic mass is 32.1. The van der Waals surface area contributed by atoms with E-state index in [1.54, 1.807) is 0 Å². The van der Waals surface area contributed by atoms with Crippen molar-refractivity contribution in [2.24, 2.45) is 5.92 Å². The van der Waals surface area contributed by atoms with Crippen LogP contribution in [0.5, 0.6) is 0 Å². The van der Waals surface area contributed by atoms with E-state index in [0.29, 0.717) is 38.6 Å². The molecule has 2 amide bonds. The van der Waals surface area contributed by atoms with Crippen LogP contribution in [0, 0.1) is 5.92 Å². The number of amides is 2. The molecule has 8 heteroatoms. The molecule has 1 aromatic heterocycles. The summed E-state index contributed by atoms with van der Waals surface area (Å²) >= 11 is 1.48. The van der Waals surface area contributed by atoms with Crippen molar-refractivity contribution < 1.29 is 14.3 Å². The Kier molecular flexibility index (Phi) is 7.18. The maximum atomic E-state index is 12.8. The lowest BCUT2D eigenvalue weighted by Crippen LogP contribution is -2.53. The third kappa shape index (κ3) is 5.57. The number of likely N-dealkylation sites (tertiary alicyclic amines) is 1. The SMILES string of the molecule is O=C(CN1CCCC(CN2CCOCC2)C1)N1CCN(C(=O)c2cccs2)CC1. The highest BCUT2D eigenvalue weighted by Crippen LogP contribution is 2.19. The van der Waals surface area contributed by atoms with Gasteiger partial charge in [-0.05, 0) is 36.8 Å². The zero-order valence-electron chi connectivity index (χ0n) is 17.1. The van der Waals surface area contributed by atoms with Crippen LogP contribution >= 0.6 is 11.3 Å². The summed E-state index contributed by atoms with van der Waals surface area (Å²) in [7, 11) is 0. The van der Waals surface area contributed by atoms with Crippen LogP contribution in [-0.2, 0) is 9.53 Å². The van der Waals surface area contributed by atoms with Gasteiger partial charge in [-0.25, -0.2) is 0 Å². The first-order chi connectivity index (χ1) is 14.2. The van der Waals surface area contributed by atoms with Gasteiger partial charge in [-0.2, -0.15) is 0 Å². The minimum absolute atomic E-state index is 0.0917. The van der Waals surface area contributed by atoms with Gasteiger partial charge in [0.2, 0.25) is 5.91 Å². The third-order valence-corrected chi connectivity index (χ3v) is 7.09. The van der Waals surface area contributed by atoms with Crippen LogP contribution < -0.4 is 0 Å². The fraction of sp³-hybridized carbons (Fsp3) is 0.714. The van der Waals surface area contributed by atoms with Crippen LogP contribution in [0.2, 0.25) is 0 Å². The van der Waals surface area contributed by atoms with Crippen LogP contribution in [0.1, 0.15) is 22.5 Å². The molecule has 0 N–H and O–H groups in total. The molecule has 1 atom stereocenters. The number of rotatable bonds is 5. The number of piperazine rings is 1. The van der Waals surface area contributed by atoms with Crippen LogP contribution in [-0.4, -0.2) is 110 Å². The van der Waals surface area contributed by atoms with Crippen molar-refractivity contribution in [3.05, 3.63) is 22.4 Å². The molecule has 160 valence electrons. The average molecular weight is 421 g/mol. The van der Waals surface area contributed by atoms with E-state index in [4.69, 9.17) is 4.74 Å². The second-order valence-electron chi connectivity index (χ2n) is 8.31. The number of hydrogen-bond acceptors (Lipinski definition) is 6. The minimum Gasteiger partial charge on any atom is -0.379 e. The fourth-order valence-corrected chi connectivity index (χ4v) is 5.29. The molecule has 3 fully saturated rings. The van der Waals surface area contributed by atoms with E-state index in [9.17, 15) is 9.59 Å². The molecule has 0 spiro atoms. The van der Waals surface area contributed by atoms with Crippen LogP contribution in [0.15, 0.2) is 17.5 Å². The first-order valence-corrected chi connectivity index (χ1v) is 11.7. The fourth-order valence-electron chi connectivity index (χ4n) is 4.60. The molecule has 7 nitrogen and oxygen atoms in total. The van der Waals surface area contributed by atoms with Crippen LogP contribution in [0.3, 0.4) is 0 Å². The largest absolute Gasteiger partial charge is 0.379 e. The maximum absolute atomic E-state index is 12.8. The van der Waals surface area contributed by atoms with Gasteiger partial charge in [-0.15, -0.1) is 11.3 Å². The van der Waals surface area contributed by atoms with E-state index in [2.05, 4.69) is 9.80 Å². The van der Waals surface area contributed by atoms with Gasteiger partial charge in [-0.1, -0.05) is 6.07 Å². The van der Waals surface area contributed by atoms with Crippen molar-refractivity contribution in [3.8, 4) is 0 Å². The van der Waals surface area contributed by atoms with Gasteiger partial charge in [0.05, 0.1) is 24.6 Å². The summed E-state index contributed by atoms with van der Waals surface area (Å²) in [6.45, 7) is 9.95. The van der Waals surface area contributed by atoms with E-state index in [-0.39, 0.29) is 11.8 Å². The van der Waals surface area contributed by atoms with Gasteiger partial charge in [0.15, 0.2) is 0 Å². The number of hydrogen-bond donors (Lipinski definition) is 0. The topological polar surface area (TPSA) is 56.3 Å². The number of morpholine rings is 1. The second-order valence-corrected chi connectivity index (χ2v) is 9.25. The molecule has 0 radical (unpaired) electrons. The van der Waals surface area contributed by atoms with Crippen molar-refractivity contribution in [2.75, 3.05) is 78.7 Å². The number of thiophene rings is 1. The number of piperidine rings is 1. The van der Waals surface area contributed by atoms with Gasteiger partial charge in [0.1, 0.15) is 0 Å². The smallest absolute Gasteiger partial charge is 0.264 e. The molecule has 3 aliphatic rings. The molecular weight excluding hydrogens is 388 g/mol. The standard InChI is InChI=1S/C21H32N4O3S/c26-20(24-6-8-25(9-7-24)21(27)19-4-2-14-29-19)17-23-5-1-3-18(16-23)15-22-10-12-28-13-11-22/h2,4,14,18H,1,3,5-13,15-17H2. The molecular formula is C21H32N4O3S. The van der Waals surface area contributed by atoms with Crippen molar-refractivity contribution in [3.63, 3.8) is 0 Å². The van der Waals surface area contributed by atoms with Crippen molar-refractivity contribution in [1.29, 1.82) is 0 Å². The lowest BCUT2D eigenvalue weighted by molar-refractivity contribution is -0.134. The van der Waals surface area contributed by atoms with Gasteiger partial charge >= 0.3 is 0 Å². The third-order valence-electron chi connectivity index (χ3n) is 6.23. The summed E-state index contributed by atoms with van der Waals surface area (Å²) in [5.41, 5.74) is 0. The summed E-state index contributed by atoms with van der Waals surface area (Å²) < 4.78 is 5.45. The number of nitrogens with zero attached hydrogens (tertiary/aromatic N) is 4. The molecule has 3 saturated heterocycles. The molecule has 3 aliphatic heterocycles. The molecule has 1 unspecified atom stereocenters. The molecule has 0 aliphatic carbocycles. The monoisotopic (exact) mass is 420 g/mol. The number of ether oxygens (including phenoxy) is 1. The predicted molar refractivity (Wildman–Crippen MR) is 113 cm³/mol. The normalized spacial score (nSPS) is 24.6. The summed E-state index contributed by atoms with van der Waals surface area (Å²) in [6, 6.07) is 3.77. The Bertz CT molecular complexity index is 669. The Balaban J connectivity index is 1.20. The Hall–Kier alpha value is -1.48. The Morgan fingerprint density at radius 3 is 2.48 bits per heavy atom. The highest BCUT2D eigenvalue weighted by molar-refractivity contribution is 7.12. The second kappa shape index (κ2) is 10.0. The van der Waals surface area contributed by atoms with Crippen molar-refractivity contribution >= 4 is 23.2 Å². The van der Waals surface area contributed by atoms with Crippen molar-refractivity contribution in [2.45, 2.75) is 12.8 Å². The first-order valence-electron chi connectivity index (χ1n) is 10.8. The van der Waals surface area contributed by atoms with Gasteiger partial charge in [0, 0.05) is 52.4 Å². The molecule has 4 rings (SSSR count). The Morgan fingerprint density at radius 1 is 1.00 bits per heavy atom. The first kappa shape index (κ1) is 20.8. The number of carbonyl (C=O) groups excluding carboxylic acids is 2. The Morgan fingerprint density at radius 2 is 1.76 bits per heavy atom. The minimum atomic E-state index is 0.0917. The summed E-state index contributed by atoms with van der Waals surface area (Å²) in [5, 5.41) is 1.93. The zero-order valence-corrected chi connectivity index (χ0v) is 17.9. The predicted octanol–water partition coefficient (Wildman–Crippen LogP) is 1.08. The summed E-state index contributed by atoms with van der Waals surface area (Å²) in [6.07, 6.45) is 2.43. The average Bonchev–Trinajstić information content (AvgIpc) is 3.29. The van der Waals surface area contributed by atoms with Crippen LogP contribution in [0.25, 0.3) is 0 Å². The van der Waals surface area contributed by atoms with E-state index in [0.717, 1.165) is 50.8 Å². The van der Waals surface area contributed by atoms with E-state index in [1.807, 2.05) is 27.3 Å². The van der Waals surface area contributed by atoms with Gasteiger partial charge in [0.25, 0.3) is 5.91 Å². The zero-order chi connectivity index (χ0) is 20.1. The van der Waals surface area contributed by atoms with E-state index in [1.165, 1.54) is 24.2 Å². The lowest BCUT2D eigenvalue weighted by Gasteiger charge is -2.38. The highest BCUT2D eigenvalue weighted by Gasteiger charge is 2.28. The Labute approximate surface area is 177 Å². The van der Waals surface area contributed by atoms with Gasteiger partial charge < -0.3 is 14.5 Å². The van der Waals surface area contributed by atoms with E-state index < -0.39 is 0 Å². The summed E-state index contributed by atoms with van der Waals surface area (Å²) in [5.74, 6) is 0.948. The molecule has 0 saturated carbocycles. The van der Waals surface area contributed by atoms with Crippen molar-refractivity contribution in [1.82, 2.24) is 19.6 Å². The molecule has 0 aromatic carbocycles.